The molecule has 3 rings (SSSR count). The van der Waals surface area contributed by atoms with Gasteiger partial charge in [-0.15, -0.1) is 0 Å². The Hall–Kier alpha value is -3.00. The van der Waals surface area contributed by atoms with Crippen molar-refractivity contribution in [3.8, 4) is 5.75 Å². The number of carbonyl (C=O) groups is 1. The Kier molecular flexibility index (Phi) is 7.13. The number of guanidine groups is 1. The van der Waals surface area contributed by atoms with Crippen LogP contribution in [0.1, 0.15) is 40.8 Å². The molecular formula is C21H29N5O3. The van der Waals surface area contributed by atoms with Crippen molar-refractivity contribution in [1.29, 1.82) is 0 Å². The predicted molar refractivity (Wildman–Crippen MR) is 112 cm³/mol. The molecule has 1 amide bonds. The third-order valence-electron chi connectivity index (χ3n) is 5.08. The Balaban J connectivity index is 1.62. The van der Waals surface area contributed by atoms with E-state index in [1.807, 2.05) is 12.1 Å². The molecule has 1 saturated heterocycles. The lowest BCUT2D eigenvalue weighted by atomic mass is 10.1. The molecule has 0 radical (unpaired) electrons. The van der Waals surface area contributed by atoms with E-state index >= 15 is 0 Å². The summed E-state index contributed by atoms with van der Waals surface area (Å²) < 4.78 is 10.8. The van der Waals surface area contributed by atoms with Crippen molar-refractivity contribution >= 4 is 11.9 Å². The number of nitrogens with two attached hydrogens (primary N) is 1. The summed E-state index contributed by atoms with van der Waals surface area (Å²) in [4.78, 5) is 17.9. The second-order valence-electron chi connectivity index (χ2n) is 6.97. The summed E-state index contributed by atoms with van der Waals surface area (Å²) >= 11 is 0. The number of aliphatic imine (C=N–C) groups is 1. The van der Waals surface area contributed by atoms with Gasteiger partial charge < -0.3 is 25.5 Å². The summed E-state index contributed by atoms with van der Waals surface area (Å²) in [6.07, 6.45) is 2.43. The summed E-state index contributed by atoms with van der Waals surface area (Å²) in [5, 5.41) is 6.61. The number of methoxy groups -OCH3 is 1. The second-order valence-corrected chi connectivity index (χ2v) is 6.97. The van der Waals surface area contributed by atoms with Crippen LogP contribution in [-0.2, 0) is 6.54 Å². The molecule has 0 bridgehead atoms. The van der Waals surface area contributed by atoms with E-state index in [4.69, 9.17) is 14.9 Å². The minimum atomic E-state index is -0.578. The zero-order chi connectivity index (χ0) is 20.6. The lowest BCUT2D eigenvalue weighted by molar-refractivity contribution is 0.0972. The van der Waals surface area contributed by atoms with E-state index in [9.17, 15) is 4.79 Å². The Morgan fingerprint density at radius 3 is 2.72 bits per heavy atom. The summed E-state index contributed by atoms with van der Waals surface area (Å²) in [5.41, 5.74) is 6.44. The third kappa shape index (κ3) is 5.51. The van der Waals surface area contributed by atoms with Crippen LogP contribution in [0.4, 0.5) is 0 Å². The molecule has 156 valence electrons. The van der Waals surface area contributed by atoms with E-state index in [1.165, 1.54) is 18.4 Å². The van der Waals surface area contributed by atoms with Crippen molar-refractivity contribution in [2.45, 2.75) is 25.4 Å². The Morgan fingerprint density at radius 2 is 2.07 bits per heavy atom. The van der Waals surface area contributed by atoms with Gasteiger partial charge >= 0.3 is 0 Å². The first-order chi connectivity index (χ1) is 14.1. The molecule has 0 aliphatic carbocycles. The molecule has 1 aromatic heterocycles. The summed E-state index contributed by atoms with van der Waals surface area (Å²) in [6.45, 7) is 3.27. The third-order valence-corrected chi connectivity index (χ3v) is 5.08. The van der Waals surface area contributed by atoms with Gasteiger partial charge in [-0.2, -0.15) is 0 Å². The van der Waals surface area contributed by atoms with Gasteiger partial charge in [0.2, 0.25) is 0 Å². The van der Waals surface area contributed by atoms with Crippen LogP contribution in [0.2, 0.25) is 0 Å². The van der Waals surface area contributed by atoms with Gasteiger partial charge in [-0.3, -0.25) is 14.7 Å². The van der Waals surface area contributed by atoms with Crippen molar-refractivity contribution < 1.29 is 13.9 Å². The fraction of sp³-hybridized carbons (Fsp3) is 0.429. The molecule has 2 aromatic rings. The normalized spacial score (nSPS) is 15.9. The number of hydrogen-bond donors (Lipinski definition) is 3. The van der Waals surface area contributed by atoms with Gasteiger partial charge in [0.1, 0.15) is 11.5 Å². The van der Waals surface area contributed by atoms with Crippen molar-refractivity contribution in [1.82, 2.24) is 15.5 Å². The number of ether oxygens (including phenoxy) is 1. The van der Waals surface area contributed by atoms with E-state index in [-0.39, 0.29) is 11.8 Å². The maximum atomic E-state index is 11.2. The van der Waals surface area contributed by atoms with E-state index in [2.05, 4.69) is 32.7 Å². The number of rotatable bonds is 8. The fourth-order valence-electron chi connectivity index (χ4n) is 3.55. The molecule has 4 N–H and O–H groups in total. The van der Waals surface area contributed by atoms with Crippen molar-refractivity contribution in [2.75, 3.05) is 33.8 Å². The number of amides is 1. The molecule has 1 aliphatic heterocycles. The highest BCUT2D eigenvalue weighted by atomic mass is 16.5. The number of benzene rings is 1. The van der Waals surface area contributed by atoms with E-state index in [0.29, 0.717) is 24.8 Å². The number of furan rings is 1. The van der Waals surface area contributed by atoms with E-state index < -0.39 is 5.91 Å². The monoisotopic (exact) mass is 399 g/mol. The number of carbonyl (C=O) groups excluding carboxylic acids is 1. The average molecular weight is 399 g/mol. The highest BCUT2D eigenvalue weighted by molar-refractivity contribution is 5.89. The van der Waals surface area contributed by atoms with Crippen molar-refractivity contribution in [3.63, 3.8) is 0 Å². The average Bonchev–Trinajstić information content (AvgIpc) is 3.43. The number of primary amides is 1. The lowest BCUT2D eigenvalue weighted by Crippen LogP contribution is -2.42. The topological polar surface area (TPSA) is 105 Å². The molecule has 1 aromatic carbocycles. The van der Waals surface area contributed by atoms with Crippen LogP contribution in [0.25, 0.3) is 0 Å². The fourth-order valence-corrected chi connectivity index (χ4v) is 3.55. The van der Waals surface area contributed by atoms with Crippen molar-refractivity contribution in [3.05, 3.63) is 53.5 Å². The number of nitrogens with zero attached hydrogens (tertiary/aromatic N) is 2. The molecule has 2 heterocycles. The van der Waals surface area contributed by atoms with Gasteiger partial charge in [0.25, 0.3) is 5.91 Å². The Labute approximate surface area is 171 Å². The molecule has 8 nitrogen and oxygen atoms in total. The summed E-state index contributed by atoms with van der Waals surface area (Å²) in [6, 6.07) is 11.7. The van der Waals surface area contributed by atoms with Crippen LogP contribution < -0.4 is 21.1 Å². The molecule has 0 spiro atoms. The maximum Gasteiger partial charge on any atom is 0.284 e. The van der Waals surface area contributed by atoms with Crippen molar-refractivity contribution in [2.24, 2.45) is 10.7 Å². The SMILES string of the molecule is CN=C(NCc1ccc(C(N)=O)o1)NCC(c1cccc(OC)c1)N1CCCC1. The highest BCUT2D eigenvalue weighted by Gasteiger charge is 2.24. The summed E-state index contributed by atoms with van der Waals surface area (Å²) in [5.74, 6) is 1.71. The van der Waals surface area contributed by atoms with Gasteiger partial charge in [-0.05, 0) is 55.8 Å². The smallest absolute Gasteiger partial charge is 0.284 e. The van der Waals surface area contributed by atoms with Crippen LogP contribution in [0.15, 0.2) is 45.8 Å². The highest BCUT2D eigenvalue weighted by Crippen LogP contribution is 2.27. The van der Waals surface area contributed by atoms with Gasteiger partial charge in [0.05, 0.1) is 19.7 Å². The first-order valence-corrected chi connectivity index (χ1v) is 9.81. The van der Waals surface area contributed by atoms with Gasteiger partial charge in [0, 0.05) is 13.6 Å². The minimum Gasteiger partial charge on any atom is -0.497 e. The molecular weight excluding hydrogens is 370 g/mol. The summed E-state index contributed by atoms with van der Waals surface area (Å²) in [7, 11) is 3.41. The number of nitrogens with one attached hydrogen (secondary N) is 2. The predicted octanol–water partition coefficient (Wildman–Crippen LogP) is 1.89. The molecule has 29 heavy (non-hydrogen) atoms. The van der Waals surface area contributed by atoms with Gasteiger partial charge in [0.15, 0.2) is 11.7 Å². The molecule has 0 saturated carbocycles. The van der Waals surface area contributed by atoms with Crippen LogP contribution >= 0.6 is 0 Å². The lowest BCUT2D eigenvalue weighted by Gasteiger charge is -2.29. The van der Waals surface area contributed by atoms with E-state index in [0.717, 1.165) is 18.8 Å². The first kappa shape index (κ1) is 20.7. The van der Waals surface area contributed by atoms with Crippen LogP contribution in [0.3, 0.4) is 0 Å². The van der Waals surface area contributed by atoms with Gasteiger partial charge in [-0.1, -0.05) is 12.1 Å². The quantitative estimate of drug-likeness (QED) is 0.462. The molecule has 1 fully saturated rings. The van der Waals surface area contributed by atoms with Crippen LogP contribution in [0.5, 0.6) is 5.75 Å². The largest absolute Gasteiger partial charge is 0.497 e. The minimum absolute atomic E-state index is 0.150. The molecule has 1 unspecified atom stereocenters. The first-order valence-electron chi connectivity index (χ1n) is 9.81. The van der Waals surface area contributed by atoms with E-state index in [1.54, 1.807) is 26.3 Å². The zero-order valence-corrected chi connectivity index (χ0v) is 17.0. The second kappa shape index (κ2) is 9.97. The number of hydrogen-bond acceptors (Lipinski definition) is 5. The Morgan fingerprint density at radius 1 is 1.28 bits per heavy atom. The standard InChI is InChI=1S/C21H29N5O3/c1-23-21(24-13-17-8-9-19(29-17)20(22)27)25-14-18(26-10-3-4-11-26)15-6-5-7-16(12-15)28-2/h5-9,12,18H,3-4,10-11,13-14H2,1-2H3,(H2,22,27)(H2,23,24,25). The van der Waals surface area contributed by atoms with Crippen LogP contribution in [0, 0.1) is 0 Å². The molecule has 1 aliphatic rings. The van der Waals surface area contributed by atoms with Crippen LogP contribution in [-0.4, -0.2) is 50.6 Å². The zero-order valence-electron chi connectivity index (χ0n) is 17.0. The van der Waals surface area contributed by atoms with Gasteiger partial charge in [-0.25, -0.2) is 0 Å². The maximum absolute atomic E-state index is 11.2. The number of likely N-dealkylation sites (tertiary alicyclic amines) is 1. The Bertz CT molecular complexity index is 842. The molecule has 8 heteroatoms. The molecule has 1 atom stereocenters.